The standard InChI is InChI=1S/C13H20NO5P/c1-3-18-20(15,19-4-2)13(14)10-6-5-7-11-12(10)17-9-8-16-11/h5-7,13H,3-4,8-9,14H2,1-2H3/t13-/m0/s1. The van der Waals surface area contributed by atoms with Gasteiger partial charge in [-0.25, -0.2) is 0 Å². The fraction of sp³-hybridized carbons (Fsp3) is 0.538. The zero-order valence-electron chi connectivity index (χ0n) is 11.7. The van der Waals surface area contributed by atoms with E-state index in [1.54, 1.807) is 32.0 Å². The van der Waals surface area contributed by atoms with E-state index in [9.17, 15) is 4.57 Å². The second-order valence-electron chi connectivity index (χ2n) is 4.19. The molecule has 0 aromatic heterocycles. The molecular formula is C13H20NO5P. The number of rotatable bonds is 6. The first kappa shape index (κ1) is 15.3. The molecule has 1 aliphatic heterocycles. The Bertz CT molecular complexity index is 498. The molecule has 0 radical (unpaired) electrons. The smallest absolute Gasteiger partial charge is 0.351 e. The molecule has 1 atom stereocenters. The molecule has 2 rings (SSSR count). The molecule has 7 heteroatoms. The summed E-state index contributed by atoms with van der Waals surface area (Å²) in [6.07, 6.45) is 0. The number of benzene rings is 1. The van der Waals surface area contributed by atoms with E-state index in [0.29, 0.717) is 30.3 Å². The number of fused-ring (bicyclic) bond motifs is 1. The van der Waals surface area contributed by atoms with Gasteiger partial charge >= 0.3 is 7.60 Å². The third-order valence-electron chi connectivity index (χ3n) is 2.87. The van der Waals surface area contributed by atoms with Crippen molar-refractivity contribution in [3.63, 3.8) is 0 Å². The van der Waals surface area contributed by atoms with Crippen LogP contribution in [0.4, 0.5) is 0 Å². The monoisotopic (exact) mass is 301 g/mol. The molecule has 1 aromatic rings. The zero-order valence-corrected chi connectivity index (χ0v) is 12.6. The number of nitrogens with two attached hydrogens (primary N) is 1. The molecule has 0 fully saturated rings. The fourth-order valence-electron chi connectivity index (χ4n) is 2.06. The van der Waals surface area contributed by atoms with Crippen molar-refractivity contribution in [3.05, 3.63) is 23.8 Å². The summed E-state index contributed by atoms with van der Waals surface area (Å²) in [5, 5.41) is 0. The summed E-state index contributed by atoms with van der Waals surface area (Å²) in [7, 11) is -3.44. The summed E-state index contributed by atoms with van der Waals surface area (Å²) in [6, 6.07) is 5.32. The fourth-order valence-corrected chi connectivity index (χ4v) is 3.72. The van der Waals surface area contributed by atoms with Gasteiger partial charge in [0.2, 0.25) is 0 Å². The number of para-hydroxylation sites is 1. The maximum Gasteiger partial charge on any atom is 0.351 e. The minimum atomic E-state index is -3.44. The van der Waals surface area contributed by atoms with Gasteiger partial charge in [0, 0.05) is 5.56 Å². The molecule has 1 aromatic carbocycles. The van der Waals surface area contributed by atoms with Crippen molar-refractivity contribution in [1.82, 2.24) is 0 Å². The quantitative estimate of drug-likeness (QED) is 0.814. The Morgan fingerprint density at radius 1 is 1.25 bits per heavy atom. The van der Waals surface area contributed by atoms with E-state index in [-0.39, 0.29) is 13.2 Å². The van der Waals surface area contributed by atoms with E-state index in [0.717, 1.165) is 0 Å². The maximum atomic E-state index is 12.7. The Kier molecular flexibility index (Phi) is 5.05. The maximum absolute atomic E-state index is 12.7. The third kappa shape index (κ3) is 2.99. The molecule has 0 amide bonds. The summed E-state index contributed by atoms with van der Waals surface area (Å²) in [4.78, 5) is 0. The van der Waals surface area contributed by atoms with E-state index in [2.05, 4.69) is 0 Å². The molecule has 0 aliphatic carbocycles. The number of hydrogen-bond donors (Lipinski definition) is 1. The lowest BCUT2D eigenvalue weighted by atomic mass is 10.2. The minimum absolute atomic E-state index is 0.261. The Morgan fingerprint density at radius 2 is 1.90 bits per heavy atom. The molecule has 20 heavy (non-hydrogen) atoms. The van der Waals surface area contributed by atoms with Crippen molar-refractivity contribution >= 4 is 7.60 Å². The molecule has 112 valence electrons. The van der Waals surface area contributed by atoms with Crippen LogP contribution in [0, 0.1) is 0 Å². The topological polar surface area (TPSA) is 80.0 Å². The Morgan fingerprint density at radius 3 is 2.55 bits per heavy atom. The highest BCUT2D eigenvalue weighted by Gasteiger charge is 2.36. The van der Waals surface area contributed by atoms with Crippen LogP contribution in [0.5, 0.6) is 11.5 Å². The first-order valence-electron chi connectivity index (χ1n) is 6.65. The molecule has 6 nitrogen and oxygen atoms in total. The third-order valence-corrected chi connectivity index (χ3v) is 5.07. The van der Waals surface area contributed by atoms with Crippen LogP contribution >= 0.6 is 7.60 Å². The molecule has 0 spiro atoms. The normalized spacial score (nSPS) is 15.9. The van der Waals surface area contributed by atoms with Crippen molar-refractivity contribution in [3.8, 4) is 11.5 Å². The second kappa shape index (κ2) is 6.59. The van der Waals surface area contributed by atoms with Gasteiger partial charge in [0.05, 0.1) is 13.2 Å². The summed E-state index contributed by atoms with van der Waals surface area (Å²) < 4.78 is 34.4. The SMILES string of the molecule is CCOP(=O)(OCC)[C@H](N)c1cccc2c1OCCO2. The number of hydrogen-bond acceptors (Lipinski definition) is 6. The zero-order chi connectivity index (χ0) is 14.6. The molecule has 1 heterocycles. The lowest BCUT2D eigenvalue weighted by molar-refractivity contribution is 0.168. The van der Waals surface area contributed by atoms with Crippen LogP contribution in [0.2, 0.25) is 0 Å². The van der Waals surface area contributed by atoms with E-state index in [1.165, 1.54) is 0 Å². The molecule has 1 aliphatic rings. The molecule has 0 saturated heterocycles. The van der Waals surface area contributed by atoms with Gasteiger partial charge in [0.1, 0.15) is 19.0 Å². The van der Waals surface area contributed by atoms with Crippen molar-refractivity contribution in [1.29, 1.82) is 0 Å². The van der Waals surface area contributed by atoms with Crippen molar-refractivity contribution in [2.75, 3.05) is 26.4 Å². The van der Waals surface area contributed by atoms with Gasteiger partial charge in [-0.3, -0.25) is 4.57 Å². The average Bonchev–Trinajstić information content (AvgIpc) is 2.46. The minimum Gasteiger partial charge on any atom is -0.486 e. The second-order valence-corrected chi connectivity index (χ2v) is 6.34. The Hall–Kier alpha value is -1.07. The van der Waals surface area contributed by atoms with Crippen LogP contribution in [0.3, 0.4) is 0 Å². The van der Waals surface area contributed by atoms with E-state index in [1.807, 2.05) is 0 Å². The van der Waals surface area contributed by atoms with Gasteiger partial charge < -0.3 is 24.3 Å². The Labute approximate surface area is 118 Å². The van der Waals surface area contributed by atoms with Crippen molar-refractivity contribution in [2.45, 2.75) is 19.6 Å². The first-order chi connectivity index (χ1) is 9.62. The predicted octanol–water partition coefficient (Wildman–Crippen LogP) is 2.68. The van der Waals surface area contributed by atoms with Crippen LogP contribution in [-0.2, 0) is 13.6 Å². The lowest BCUT2D eigenvalue weighted by Crippen LogP contribution is -2.20. The predicted molar refractivity (Wildman–Crippen MR) is 75.2 cm³/mol. The molecular weight excluding hydrogens is 281 g/mol. The molecule has 0 bridgehead atoms. The summed E-state index contributed by atoms with van der Waals surface area (Å²) in [6.45, 7) is 4.94. The average molecular weight is 301 g/mol. The van der Waals surface area contributed by atoms with Gasteiger partial charge in [-0.05, 0) is 19.9 Å². The van der Waals surface area contributed by atoms with E-state index in [4.69, 9.17) is 24.3 Å². The highest BCUT2D eigenvalue weighted by molar-refractivity contribution is 7.54. The first-order valence-corrected chi connectivity index (χ1v) is 8.26. The van der Waals surface area contributed by atoms with Crippen LogP contribution in [0.25, 0.3) is 0 Å². The molecule has 2 N–H and O–H groups in total. The summed E-state index contributed by atoms with van der Waals surface area (Å²) in [5.41, 5.74) is 6.70. The van der Waals surface area contributed by atoms with Crippen LogP contribution in [0.15, 0.2) is 18.2 Å². The van der Waals surface area contributed by atoms with Gasteiger partial charge in [-0.1, -0.05) is 12.1 Å². The van der Waals surface area contributed by atoms with E-state index < -0.39 is 13.4 Å². The van der Waals surface area contributed by atoms with Crippen LogP contribution < -0.4 is 15.2 Å². The molecule has 0 saturated carbocycles. The van der Waals surface area contributed by atoms with Gasteiger partial charge in [0.15, 0.2) is 11.5 Å². The van der Waals surface area contributed by atoms with Crippen molar-refractivity contribution < 1.29 is 23.1 Å². The molecule has 0 unspecified atom stereocenters. The number of ether oxygens (including phenoxy) is 2. The van der Waals surface area contributed by atoms with Gasteiger partial charge in [-0.15, -0.1) is 0 Å². The largest absolute Gasteiger partial charge is 0.486 e. The Balaban J connectivity index is 2.36. The van der Waals surface area contributed by atoms with Crippen LogP contribution in [-0.4, -0.2) is 26.4 Å². The van der Waals surface area contributed by atoms with E-state index >= 15 is 0 Å². The van der Waals surface area contributed by atoms with Crippen LogP contribution in [0.1, 0.15) is 25.2 Å². The lowest BCUT2D eigenvalue weighted by Gasteiger charge is -2.27. The highest BCUT2D eigenvalue weighted by atomic mass is 31.2. The van der Waals surface area contributed by atoms with Gasteiger partial charge in [0.25, 0.3) is 0 Å². The summed E-state index contributed by atoms with van der Waals surface area (Å²) in [5.74, 6) is 0.216. The van der Waals surface area contributed by atoms with Gasteiger partial charge in [-0.2, -0.15) is 0 Å². The van der Waals surface area contributed by atoms with Crippen molar-refractivity contribution in [2.24, 2.45) is 5.73 Å². The highest BCUT2D eigenvalue weighted by Crippen LogP contribution is 2.60. The summed E-state index contributed by atoms with van der Waals surface area (Å²) >= 11 is 0.